The largest absolute Gasteiger partial charge is 0.506 e. The van der Waals surface area contributed by atoms with Gasteiger partial charge in [0.15, 0.2) is 0 Å². The van der Waals surface area contributed by atoms with Crippen molar-refractivity contribution in [2.45, 2.75) is 76.2 Å². The number of hydrogen-bond acceptors (Lipinski definition) is 8. The van der Waals surface area contributed by atoms with Crippen LogP contribution in [0, 0.1) is 0 Å². The Morgan fingerprint density at radius 1 is 0.962 bits per heavy atom. The summed E-state index contributed by atoms with van der Waals surface area (Å²) in [6.07, 6.45) is 3.93. The summed E-state index contributed by atoms with van der Waals surface area (Å²) in [6.45, 7) is 1.47. The summed E-state index contributed by atoms with van der Waals surface area (Å²) < 4.78 is 1.92. The number of amides is 1. The van der Waals surface area contributed by atoms with Gasteiger partial charge in [0.25, 0.3) is 0 Å². The zero-order valence-electron chi connectivity index (χ0n) is 29.5. The number of aliphatic hydroxyl groups excluding tert-OH is 1. The molecule has 0 radical (unpaired) electrons. The van der Waals surface area contributed by atoms with Crippen molar-refractivity contribution in [2.24, 2.45) is 5.73 Å². The number of aromatic amines is 1. The zero-order chi connectivity index (χ0) is 36.9. The highest BCUT2D eigenvalue weighted by Crippen LogP contribution is 2.36. The summed E-state index contributed by atoms with van der Waals surface area (Å²) >= 11 is 0. The minimum Gasteiger partial charge on any atom is -0.506 e. The van der Waals surface area contributed by atoms with Gasteiger partial charge in [0.05, 0.1) is 22.8 Å². The van der Waals surface area contributed by atoms with Crippen LogP contribution in [0.4, 0.5) is 10.5 Å². The fraction of sp³-hybridized carbons (Fsp3) is 0.317. The molecule has 12 nitrogen and oxygen atoms in total. The van der Waals surface area contributed by atoms with E-state index in [2.05, 4.69) is 38.8 Å². The van der Waals surface area contributed by atoms with Crippen molar-refractivity contribution in [3.05, 3.63) is 118 Å². The van der Waals surface area contributed by atoms with Crippen LogP contribution >= 0.6 is 0 Å². The number of pyridine rings is 1. The predicted octanol–water partition coefficient (Wildman–Crippen LogP) is 6.25. The minimum absolute atomic E-state index is 0.0453. The second-order valence-corrected chi connectivity index (χ2v) is 14.0. The molecule has 7 rings (SSSR count). The van der Waals surface area contributed by atoms with Gasteiger partial charge in [-0.15, -0.1) is 5.10 Å². The molecule has 6 aromatic rings. The van der Waals surface area contributed by atoms with Crippen LogP contribution in [0.5, 0.6) is 5.75 Å². The van der Waals surface area contributed by atoms with Crippen LogP contribution in [0.15, 0.2) is 95.8 Å². The van der Waals surface area contributed by atoms with Gasteiger partial charge in [-0.1, -0.05) is 59.8 Å². The summed E-state index contributed by atoms with van der Waals surface area (Å²) in [4.78, 5) is 28.7. The number of H-pyrrole nitrogens is 1. The number of phenols is 1. The average molecular weight is 716 g/mol. The van der Waals surface area contributed by atoms with E-state index in [9.17, 15) is 24.9 Å². The number of aromatic hydroxyl groups is 1. The molecular formula is C41H45N7O5. The molecule has 2 heterocycles. The van der Waals surface area contributed by atoms with Crippen molar-refractivity contribution in [2.75, 3.05) is 11.4 Å². The van der Waals surface area contributed by atoms with E-state index in [4.69, 9.17) is 5.73 Å². The monoisotopic (exact) mass is 715 g/mol. The Hall–Kier alpha value is -5.56. The molecular weight excluding hydrogens is 670 g/mol. The van der Waals surface area contributed by atoms with Crippen LogP contribution in [0.1, 0.15) is 61.3 Å². The predicted molar refractivity (Wildman–Crippen MR) is 206 cm³/mol. The van der Waals surface area contributed by atoms with E-state index in [1.165, 1.54) is 12.1 Å². The molecule has 12 heteroatoms. The van der Waals surface area contributed by atoms with E-state index in [1.807, 2.05) is 53.2 Å². The van der Waals surface area contributed by atoms with Crippen molar-refractivity contribution < 1.29 is 20.1 Å². The number of aromatic nitrogens is 4. The highest BCUT2D eigenvalue weighted by atomic mass is 16.4. The van der Waals surface area contributed by atoms with Crippen LogP contribution in [0.25, 0.3) is 33.1 Å². The zero-order valence-corrected chi connectivity index (χ0v) is 29.5. The standard InChI is InChI=1S/C41H45N7O5/c42-29-11-13-30(14-12-29)48(41(52)53)36-23-26(9-15-31(36)28-7-2-1-3-8-28)6-4-5-21-47-35-18-10-27(22-34(35)45-46-47)24-43-25-38(50)32-16-19-37(49)40-33(32)17-20-39(51)44-40/h1-3,7-10,15-20,22-23,29-30,38,43,49-50H,4-6,11-14,21,24-25,42H2,(H,44,51)(H,52,53)/t29?,30?,38-/m0/s1. The van der Waals surface area contributed by atoms with Crippen LogP contribution < -0.4 is 21.5 Å². The second kappa shape index (κ2) is 16.0. The number of rotatable bonds is 13. The van der Waals surface area contributed by atoms with Crippen LogP contribution in [-0.2, 0) is 19.5 Å². The molecule has 0 spiro atoms. The highest BCUT2D eigenvalue weighted by molar-refractivity contribution is 5.94. The van der Waals surface area contributed by atoms with Crippen molar-refractivity contribution in [3.63, 3.8) is 0 Å². The first-order valence-electron chi connectivity index (χ1n) is 18.3. The van der Waals surface area contributed by atoms with Gasteiger partial charge in [0, 0.05) is 48.7 Å². The quantitative estimate of drug-likeness (QED) is 0.0754. The number of anilines is 1. The molecule has 7 N–H and O–H groups in total. The summed E-state index contributed by atoms with van der Waals surface area (Å²) in [6, 6.07) is 28.3. The first-order chi connectivity index (χ1) is 25.7. The molecule has 1 amide bonds. The topological polar surface area (TPSA) is 183 Å². The average Bonchev–Trinajstić information content (AvgIpc) is 3.57. The SMILES string of the molecule is NC1CCC(N(C(=O)O)c2cc(CCCCn3nnc4cc(CNC[C@H](O)c5ccc(O)c6[nH]c(=O)ccc56)ccc43)ccc2-c2ccccc2)CC1. The third kappa shape index (κ3) is 8.10. The number of hydrogen-bond donors (Lipinski definition) is 6. The van der Waals surface area contributed by atoms with Gasteiger partial charge < -0.3 is 31.4 Å². The minimum atomic E-state index is -0.934. The second-order valence-electron chi connectivity index (χ2n) is 14.0. The van der Waals surface area contributed by atoms with Crippen molar-refractivity contribution in [1.82, 2.24) is 25.3 Å². The Balaban J connectivity index is 0.966. The first-order valence-corrected chi connectivity index (χ1v) is 18.3. The number of nitrogens with two attached hydrogens (primary N) is 1. The van der Waals surface area contributed by atoms with E-state index in [1.54, 1.807) is 17.0 Å². The molecule has 2 aromatic heterocycles. The Bertz CT molecular complexity index is 2260. The summed E-state index contributed by atoms with van der Waals surface area (Å²) in [5.74, 6) is -0.0453. The Morgan fingerprint density at radius 3 is 2.55 bits per heavy atom. The van der Waals surface area contributed by atoms with Crippen LogP contribution in [0.3, 0.4) is 0 Å². The Morgan fingerprint density at radius 2 is 1.75 bits per heavy atom. The summed E-state index contributed by atoms with van der Waals surface area (Å²) in [5.41, 5.74) is 13.2. The number of unbranched alkanes of at least 4 members (excludes halogenated alkanes) is 1. The molecule has 274 valence electrons. The van der Waals surface area contributed by atoms with Gasteiger partial charge in [0.2, 0.25) is 5.56 Å². The number of carboxylic acid groups (broad SMARTS) is 1. The lowest BCUT2D eigenvalue weighted by Crippen LogP contribution is -2.44. The van der Waals surface area contributed by atoms with Crippen molar-refractivity contribution in [3.8, 4) is 16.9 Å². The number of aliphatic hydroxyl groups is 1. The van der Waals surface area contributed by atoms with Crippen molar-refractivity contribution >= 4 is 33.7 Å². The smallest absolute Gasteiger partial charge is 0.412 e. The number of fused-ring (bicyclic) bond motifs is 2. The van der Waals surface area contributed by atoms with E-state index in [-0.39, 0.29) is 29.9 Å². The number of benzene rings is 4. The van der Waals surface area contributed by atoms with E-state index in [0.29, 0.717) is 29.6 Å². The first kappa shape index (κ1) is 35.8. The summed E-state index contributed by atoms with van der Waals surface area (Å²) in [7, 11) is 0. The van der Waals surface area contributed by atoms with Gasteiger partial charge in [-0.3, -0.25) is 9.69 Å². The molecule has 1 aliphatic rings. The lowest BCUT2D eigenvalue weighted by molar-refractivity contribution is 0.176. The molecule has 1 atom stereocenters. The van der Waals surface area contributed by atoms with Gasteiger partial charge >= 0.3 is 6.09 Å². The molecule has 0 bridgehead atoms. The molecule has 1 saturated carbocycles. The van der Waals surface area contributed by atoms with E-state index < -0.39 is 12.2 Å². The molecule has 0 unspecified atom stereocenters. The van der Waals surface area contributed by atoms with Crippen LogP contribution in [-0.4, -0.2) is 60.0 Å². The number of nitrogens with one attached hydrogen (secondary N) is 2. The maximum atomic E-state index is 12.7. The van der Waals surface area contributed by atoms with E-state index in [0.717, 1.165) is 83.9 Å². The Labute approximate surface area is 306 Å². The van der Waals surface area contributed by atoms with Crippen molar-refractivity contribution in [1.29, 1.82) is 0 Å². The van der Waals surface area contributed by atoms with E-state index >= 15 is 0 Å². The lowest BCUT2D eigenvalue weighted by atomic mass is 9.89. The fourth-order valence-corrected chi connectivity index (χ4v) is 7.51. The van der Waals surface area contributed by atoms with Gasteiger partial charge in [-0.25, -0.2) is 9.48 Å². The molecule has 0 saturated heterocycles. The fourth-order valence-electron chi connectivity index (χ4n) is 7.51. The van der Waals surface area contributed by atoms with Gasteiger partial charge in [0.1, 0.15) is 11.3 Å². The normalized spacial score (nSPS) is 16.6. The molecule has 0 aliphatic heterocycles. The molecule has 1 fully saturated rings. The Kier molecular flexibility index (Phi) is 10.8. The van der Waals surface area contributed by atoms with Gasteiger partial charge in [-0.05, 0) is 97.5 Å². The number of carbonyl (C=O) groups is 1. The lowest BCUT2D eigenvalue weighted by Gasteiger charge is -2.35. The number of phenolic OH excluding ortho intramolecular Hbond substituents is 1. The maximum absolute atomic E-state index is 12.7. The maximum Gasteiger partial charge on any atom is 0.412 e. The summed E-state index contributed by atoms with van der Waals surface area (Å²) in [5, 5.41) is 44.2. The molecule has 53 heavy (non-hydrogen) atoms. The molecule has 4 aromatic carbocycles. The van der Waals surface area contributed by atoms with Crippen LogP contribution in [0.2, 0.25) is 0 Å². The third-order valence-electron chi connectivity index (χ3n) is 10.3. The third-order valence-corrected chi connectivity index (χ3v) is 10.3. The number of nitrogens with zero attached hydrogens (tertiary/aromatic N) is 4. The number of aryl methyl sites for hydroxylation is 2. The van der Waals surface area contributed by atoms with Gasteiger partial charge in [-0.2, -0.15) is 0 Å². The molecule has 1 aliphatic carbocycles. The highest BCUT2D eigenvalue weighted by Gasteiger charge is 2.30.